The van der Waals surface area contributed by atoms with Crippen molar-refractivity contribution in [2.75, 3.05) is 6.54 Å². The second kappa shape index (κ2) is 6.17. The zero-order valence-electron chi connectivity index (χ0n) is 10.6. The maximum absolute atomic E-state index is 13.2. The van der Waals surface area contributed by atoms with Gasteiger partial charge in [-0.1, -0.05) is 29.8 Å². The summed E-state index contributed by atoms with van der Waals surface area (Å²) >= 11 is 1.44. The van der Waals surface area contributed by atoms with Crippen LogP contribution in [0.2, 0.25) is 0 Å². The van der Waals surface area contributed by atoms with Crippen molar-refractivity contribution in [3.63, 3.8) is 0 Å². The van der Waals surface area contributed by atoms with E-state index in [4.69, 9.17) is 5.73 Å². The number of halogens is 2. The van der Waals surface area contributed by atoms with Crippen molar-refractivity contribution in [1.82, 2.24) is 0 Å². The number of thioether (sulfide) groups is 1. The number of hydrogen-bond acceptors (Lipinski definition) is 2. The predicted molar refractivity (Wildman–Crippen MR) is 75.2 cm³/mol. The van der Waals surface area contributed by atoms with Crippen molar-refractivity contribution in [3.05, 3.63) is 65.2 Å². The first-order valence-electron chi connectivity index (χ1n) is 5.98. The van der Waals surface area contributed by atoms with Gasteiger partial charge in [-0.25, -0.2) is 8.78 Å². The van der Waals surface area contributed by atoms with Crippen LogP contribution >= 0.6 is 11.8 Å². The van der Waals surface area contributed by atoms with Crippen LogP contribution in [0.25, 0.3) is 0 Å². The van der Waals surface area contributed by atoms with Crippen molar-refractivity contribution in [2.24, 2.45) is 5.73 Å². The monoisotopic (exact) mass is 279 g/mol. The minimum atomic E-state index is -0.829. The first-order chi connectivity index (χ1) is 9.10. The molecule has 0 fully saturated rings. The molecule has 4 heteroatoms. The maximum atomic E-state index is 13.2. The fourth-order valence-corrected chi connectivity index (χ4v) is 2.86. The highest BCUT2D eigenvalue weighted by atomic mass is 32.2. The van der Waals surface area contributed by atoms with E-state index in [0.717, 1.165) is 17.2 Å². The predicted octanol–water partition coefficient (Wildman–Crippen LogP) is 4.07. The lowest BCUT2D eigenvalue weighted by molar-refractivity contribution is 0.506. The molecular formula is C15H15F2NS. The molecule has 2 aromatic carbocycles. The molecule has 2 rings (SSSR count). The number of rotatable bonds is 4. The molecule has 19 heavy (non-hydrogen) atoms. The van der Waals surface area contributed by atoms with E-state index in [0.29, 0.717) is 11.4 Å². The lowest BCUT2D eigenvalue weighted by atomic mass is 10.1. The van der Waals surface area contributed by atoms with E-state index in [-0.39, 0.29) is 5.25 Å². The van der Waals surface area contributed by atoms with Crippen molar-refractivity contribution in [1.29, 1.82) is 0 Å². The van der Waals surface area contributed by atoms with E-state index in [9.17, 15) is 8.78 Å². The third-order valence-corrected chi connectivity index (χ3v) is 4.07. The summed E-state index contributed by atoms with van der Waals surface area (Å²) in [5.74, 6) is -1.66. The van der Waals surface area contributed by atoms with Gasteiger partial charge in [0.15, 0.2) is 11.6 Å². The Balaban J connectivity index is 2.21. The van der Waals surface area contributed by atoms with Crippen LogP contribution in [0, 0.1) is 18.6 Å². The Morgan fingerprint density at radius 3 is 2.53 bits per heavy atom. The Labute approximate surface area is 115 Å². The van der Waals surface area contributed by atoms with E-state index < -0.39 is 11.6 Å². The molecule has 0 saturated carbocycles. The molecule has 2 N–H and O–H groups in total. The third-order valence-electron chi connectivity index (χ3n) is 2.80. The number of hydrogen-bond donors (Lipinski definition) is 1. The van der Waals surface area contributed by atoms with Gasteiger partial charge in [0.05, 0.1) is 0 Å². The van der Waals surface area contributed by atoms with E-state index in [1.165, 1.54) is 17.8 Å². The van der Waals surface area contributed by atoms with Crippen LogP contribution in [0.3, 0.4) is 0 Å². The van der Waals surface area contributed by atoms with Crippen LogP contribution < -0.4 is 5.73 Å². The second-order valence-corrected chi connectivity index (χ2v) is 5.61. The summed E-state index contributed by atoms with van der Waals surface area (Å²) < 4.78 is 26.1. The molecule has 0 aliphatic rings. The zero-order valence-corrected chi connectivity index (χ0v) is 11.4. The molecule has 0 saturated heterocycles. The highest BCUT2D eigenvalue weighted by Gasteiger charge is 2.13. The van der Waals surface area contributed by atoms with Gasteiger partial charge in [-0.3, -0.25) is 0 Å². The van der Waals surface area contributed by atoms with Crippen LogP contribution in [-0.4, -0.2) is 6.54 Å². The molecule has 2 aromatic rings. The van der Waals surface area contributed by atoms with Gasteiger partial charge in [-0.05, 0) is 30.7 Å². The normalized spacial score (nSPS) is 12.4. The zero-order chi connectivity index (χ0) is 13.8. The molecule has 1 unspecified atom stereocenters. The van der Waals surface area contributed by atoms with Gasteiger partial charge in [0.2, 0.25) is 0 Å². The standard InChI is InChI=1S/C15H15F2NS/c1-10-3-2-4-11(7-10)15(9-18)19-12-5-6-13(16)14(17)8-12/h2-8,15H,9,18H2,1H3. The first-order valence-corrected chi connectivity index (χ1v) is 6.86. The summed E-state index contributed by atoms with van der Waals surface area (Å²) in [6.07, 6.45) is 0. The van der Waals surface area contributed by atoms with Gasteiger partial charge in [-0.2, -0.15) is 0 Å². The van der Waals surface area contributed by atoms with E-state index in [1.807, 2.05) is 25.1 Å². The average Bonchev–Trinajstić information content (AvgIpc) is 2.40. The molecule has 0 aliphatic heterocycles. The fraction of sp³-hybridized carbons (Fsp3) is 0.200. The highest BCUT2D eigenvalue weighted by Crippen LogP contribution is 2.35. The van der Waals surface area contributed by atoms with E-state index in [1.54, 1.807) is 6.07 Å². The smallest absolute Gasteiger partial charge is 0.159 e. The molecule has 0 aromatic heterocycles. The molecule has 1 nitrogen and oxygen atoms in total. The Kier molecular flexibility index (Phi) is 4.56. The molecule has 0 aliphatic carbocycles. The number of aryl methyl sites for hydroxylation is 1. The van der Waals surface area contributed by atoms with Crippen LogP contribution in [0.1, 0.15) is 16.4 Å². The van der Waals surface area contributed by atoms with Crippen molar-refractivity contribution in [3.8, 4) is 0 Å². The SMILES string of the molecule is Cc1cccc(C(CN)Sc2ccc(F)c(F)c2)c1. The van der Waals surface area contributed by atoms with Crippen LogP contribution in [0.4, 0.5) is 8.78 Å². The number of benzene rings is 2. The summed E-state index contributed by atoms with van der Waals surface area (Å²) in [4.78, 5) is 0.677. The first kappa shape index (κ1) is 14.0. The highest BCUT2D eigenvalue weighted by molar-refractivity contribution is 7.99. The van der Waals surface area contributed by atoms with Gasteiger partial charge >= 0.3 is 0 Å². The summed E-state index contributed by atoms with van der Waals surface area (Å²) in [7, 11) is 0. The molecule has 0 bridgehead atoms. The average molecular weight is 279 g/mol. The van der Waals surface area contributed by atoms with Gasteiger partial charge in [0.1, 0.15) is 0 Å². The molecule has 0 amide bonds. The van der Waals surface area contributed by atoms with Crippen molar-refractivity contribution >= 4 is 11.8 Å². The Morgan fingerprint density at radius 1 is 1.11 bits per heavy atom. The molecular weight excluding hydrogens is 264 g/mol. The summed E-state index contributed by atoms with van der Waals surface area (Å²) in [6.45, 7) is 2.45. The van der Waals surface area contributed by atoms with Gasteiger partial charge < -0.3 is 5.73 Å². The van der Waals surface area contributed by atoms with Gasteiger partial charge in [0.25, 0.3) is 0 Å². The van der Waals surface area contributed by atoms with E-state index in [2.05, 4.69) is 6.07 Å². The van der Waals surface area contributed by atoms with Crippen molar-refractivity contribution in [2.45, 2.75) is 17.1 Å². The summed E-state index contributed by atoms with van der Waals surface area (Å²) in [6, 6.07) is 12.0. The molecule has 100 valence electrons. The molecule has 0 heterocycles. The van der Waals surface area contributed by atoms with Gasteiger partial charge in [0, 0.05) is 16.7 Å². The molecule has 1 atom stereocenters. The summed E-state index contributed by atoms with van der Waals surface area (Å²) in [5.41, 5.74) is 8.03. The second-order valence-electron chi connectivity index (χ2n) is 4.33. The Bertz CT molecular complexity index is 572. The van der Waals surface area contributed by atoms with E-state index >= 15 is 0 Å². The van der Waals surface area contributed by atoms with Crippen LogP contribution in [-0.2, 0) is 0 Å². The lowest BCUT2D eigenvalue weighted by Gasteiger charge is -2.15. The maximum Gasteiger partial charge on any atom is 0.159 e. The van der Waals surface area contributed by atoms with Crippen LogP contribution in [0.5, 0.6) is 0 Å². The van der Waals surface area contributed by atoms with Crippen LogP contribution in [0.15, 0.2) is 47.4 Å². The fourth-order valence-electron chi connectivity index (χ4n) is 1.84. The lowest BCUT2D eigenvalue weighted by Crippen LogP contribution is -2.09. The minimum Gasteiger partial charge on any atom is -0.329 e. The molecule has 0 radical (unpaired) electrons. The topological polar surface area (TPSA) is 26.0 Å². The third kappa shape index (κ3) is 3.55. The quantitative estimate of drug-likeness (QED) is 0.854. The van der Waals surface area contributed by atoms with Crippen molar-refractivity contribution < 1.29 is 8.78 Å². The minimum absolute atomic E-state index is 0.0322. The largest absolute Gasteiger partial charge is 0.329 e. The van der Waals surface area contributed by atoms with Gasteiger partial charge in [-0.15, -0.1) is 11.8 Å². The Hall–Kier alpha value is -1.39. The summed E-state index contributed by atoms with van der Waals surface area (Å²) in [5, 5.41) is 0.0322. The Morgan fingerprint density at radius 2 is 1.89 bits per heavy atom. The molecule has 0 spiro atoms. The number of nitrogens with two attached hydrogens (primary N) is 1.